The van der Waals surface area contributed by atoms with E-state index in [0.29, 0.717) is 17.4 Å². The molecule has 2 aliphatic carbocycles. The van der Waals surface area contributed by atoms with Crippen LogP contribution in [0.3, 0.4) is 0 Å². The lowest BCUT2D eigenvalue weighted by atomic mass is 9.94. The first-order valence-corrected chi connectivity index (χ1v) is 7.22. The maximum absolute atomic E-state index is 12.0. The number of carbonyl (C=O) groups excluding carboxylic acids is 1. The summed E-state index contributed by atoms with van der Waals surface area (Å²) >= 11 is 0. The number of carbonyl (C=O) groups is 1. The predicted molar refractivity (Wildman–Crippen MR) is 75.0 cm³/mol. The third kappa shape index (κ3) is 3.22. The quantitative estimate of drug-likeness (QED) is 0.841. The maximum atomic E-state index is 12.0. The highest BCUT2D eigenvalue weighted by Crippen LogP contribution is 2.38. The topological polar surface area (TPSA) is 42.0 Å². The molecule has 3 heteroatoms. The number of aromatic nitrogens is 1. The SMILES string of the molecule is O=C(NCC1CC=CCC1)c1ccc(C2CC2)nc1. The summed E-state index contributed by atoms with van der Waals surface area (Å²) in [5.74, 6) is 1.24. The van der Waals surface area contributed by atoms with Crippen molar-refractivity contribution in [3.8, 4) is 0 Å². The first-order chi connectivity index (χ1) is 9.33. The van der Waals surface area contributed by atoms with Crippen molar-refractivity contribution in [2.24, 2.45) is 5.92 Å². The van der Waals surface area contributed by atoms with E-state index in [1.807, 2.05) is 12.1 Å². The van der Waals surface area contributed by atoms with E-state index in [2.05, 4.69) is 22.5 Å². The molecule has 0 radical (unpaired) electrons. The second-order valence-electron chi connectivity index (χ2n) is 5.61. The Labute approximate surface area is 114 Å². The van der Waals surface area contributed by atoms with Gasteiger partial charge >= 0.3 is 0 Å². The van der Waals surface area contributed by atoms with Crippen molar-refractivity contribution in [2.45, 2.75) is 38.0 Å². The molecule has 0 saturated heterocycles. The van der Waals surface area contributed by atoms with Crippen LogP contribution >= 0.6 is 0 Å². The van der Waals surface area contributed by atoms with Crippen LogP contribution in [0.25, 0.3) is 0 Å². The van der Waals surface area contributed by atoms with Gasteiger partial charge in [0, 0.05) is 24.4 Å². The number of hydrogen-bond donors (Lipinski definition) is 1. The molecule has 0 bridgehead atoms. The van der Waals surface area contributed by atoms with E-state index in [0.717, 1.165) is 25.1 Å². The van der Waals surface area contributed by atoms with Gasteiger partial charge in [0.25, 0.3) is 5.91 Å². The van der Waals surface area contributed by atoms with Crippen LogP contribution in [0.2, 0.25) is 0 Å². The molecule has 1 N–H and O–H groups in total. The Hall–Kier alpha value is -1.64. The molecule has 0 aliphatic heterocycles. The molecule has 3 nitrogen and oxygen atoms in total. The van der Waals surface area contributed by atoms with Crippen LogP contribution in [0.4, 0.5) is 0 Å². The Morgan fingerprint density at radius 1 is 1.26 bits per heavy atom. The van der Waals surface area contributed by atoms with Gasteiger partial charge in [-0.05, 0) is 50.2 Å². The predicted octanol–water partition coefficient (Wildman–Crippen LogP) is 3.05. The zero-order valence-corrected chi connectivity index (χ0v) is 11.1. The van der Waals surface area contributed by atoms with Gasteiger partial charge in [0.15, 0.2) is 0 Å². The van der Waals surface area contributed by atoms with Crippen LogP contribution in [-0.2, 0) is 0 Å². The molecule has 1 amide bonds. The minimum atomic E-state index is 0.00407. The van der Waals surface area contributed by atoms with Crippen LogP contribution in [-0.4, -0.2) is 17.4 Å². The summed E-state index contributed by atoms with van der Waals surface area (Å²) in [5.41, 5.74) is 1.81. The summed E-state index contributed by atoms with van der Waals surface area (Å²) < 4.78 is 0. The lowest BCUT2D eigenvalue weighted by Crippen LogP contribution is -2.29. The highest BCUT2D eigenvalue weighted by molar-refractivity contribution is 5.93. The molecule has 1 aromatic rings. The van der Waals surface area contributed by atoms with Crippen molar-refractivity contribution >= 4 is 5.91 Å². The lowest BCUT2D eigenvalue weighted by molar-refractivity contribution is 0.0946. The highest BCUT2D eigenvalue weighted by atomic mass is 16.1. The maximum Gasteiger partial charge on any atom is 0.252 e. The fourth-order valence-electron chi connectivity index (χ4n) is 2.54. The molecule has 2 aliphatic rings. The van der Waals surface area contributed by atoms with Gasteiger partial charge in [0.1, 0.15) is 0 Å². The average Bonchev–Trinajstić information content (AvgIpc) is 3.31. The first-order valence-electron chi connectivity index (χ1n) is 7.22. The molecular weight excluding hydrogens is 236 g/mol. The van der Waals surface area contributed by atoms with E-state index in [-0.39, 0.29) is 5.91 Å². The van der Waals surface area contributed by atoms with E-state index >= 15 is 0 Å². The van der Waals surface area contributed by atoms with E-state index in [1.54, 1.807) is 6.20 Å². The van der Waals surface area contributed by atoms with Gasteiger partial charge < -0.3 is 5.32 Å². The number of nitrogens with zero attached hydrogens (tertiary/aromatic N) is 1. The monoisotopic (exact) mass is 256 g/mol. The Bertz CT molecular complexity index is 474. The van der Waals surface area contributed by atoms with E-state index in [9.17, 15) is 4.79 Å². The number of rotatable bonds is 4. The summed E-state index contributed by atoms with van der Waals surface area (Å²) in [7, 11) is 0. The van der Waals surface area contributed by atoms with Crippen molar-refractivity contribution in [3.05, 3.63) is 41.7 Å². The van der Waals surface area contributed by atoms with Gasteiger partial charge in [-0.3, -0.25) is 9.78 Å². The van der Waals surface area contributed by atoms with Gasteiger partial charge in [-0.2, -0.15) is 0 Å². The molecule has 100 valence electrons. The molecule has 1 saturated carbocycles. The summed E-state index contributed by atoms with van der Waals surface area (Å²) in [6.45, 7) is 0.771. The molecular formula is C16H20N2O. The van der Waals surface area contributed by atoms with Crippen molar-refractivity contribution in [3.63, 3.8) is 0 Å². The number of pyridine rings is 1. The largest absolute Gasteiger partial charge is 0.352 e. The third-order valence-electron chi connectivity index (χ3n) is 3.97. The lowest BCUT2D eigenvalue weighted by Gasteiger charge is -2.18. The van der Waals surface area contributed by atoms with Gasteiger partial charge in [-0.25, -0.2) is 0 Å². The summed E-state index contributed by atoms with van der Waals surface area (Å²) in [6.07, 6.45) is 12.0. The molecule has 0 aromatic carbocycles. The fourth-order valence-corrected chi connectivity index (χ4v) is 2.54. The molecule has 0 spiro atoms. The van der Waals surface area contributed by atoms with Crippen molar-refractivity contribution in [1.29, 1.82) is 0 Å². The van der Waals surface area contributed by atoms with Crippen molar-refractivity contribution < 1.29 is 4.79 Å². The van der Waals surface area contributed by atoms with Gasteiger partial charge in [0.05, 0.1) is 5.56 Å². The number of nitrogens with one attached hydrogen (secondary N) is 1. The molecule has 1 heterocycles. The van der Waals surface area contributed by atoms with Gasteiger partial charge in [-0.15, -0.1) is 0 Å². The third-order valence-corrected chi connectivity index (χ3v) is 3.97. The zero-order valence-electron chi connectivity index (χ0n) is 11.1. The normalized spacial score (nSPS) is 22.2. The second-order valence-corrected chi connectivity index (χ2v) is 5.61. The summed E-state index contributed by atoms with van der Waals surface area (Å²) in [4.78, 5) is 16.4. The first kappa shape index (κ1) is 12.4. The Kier molecular flexibility index (Phi) is 3.62. The van der Waals surface area contributed by atoms with Crippen molar-refractivity contribution in [1.82, 2.24) is 10.3 Å². The standard InChI is InChI=1S/C16H20N2O/c19-16(18-10-12-4-2-1-3-5-12)14-8-9-15(17-11-14)13-6-7-13/h1-2,8-9,11-13H,3-7,10H2,(H,18,19). The summed E-state index contributed by atoms with van der Waals surface area (Å²) in [5, 5.41) is 3.02. The number of hydrogen-bond acceptors (Lipinski definition) is 2. The summed E-state index contributed by atoms with van der Waals surface area (Å²) in [6, 6.07) is 3.90. The van der Waals surface area contributed by atoms with Crippen molar-refractivity contribution in [2.75, 3.05) is 6.54 Å². The van der Waals surface area contributed by atoms with Crippen LogP contribution in [0.5, 0.6) is 0 Å². The van der Waals surface area contributed by atoms with E-state index in [4.69, 9.17) is 0 Å². The molecule has 1 atom stereocenters. The highest BCUT2D eigenvalue weighted by Gasteiger charge is 2.24. The Morgan fingerprint density at radius 2 is 2.16 bits per heavy atom. The Balaban J connectivity index is 1.52. The zero-order chi connectivity index (χ0) is 13.1. The number of allylic oxidation sites excluding steroid dienone is 2. The van der Waals surface area contributed by atoms with Gasteiger partial charge in [0.2, 0.25) is 0 Å². The van der Waals surface area contributed by atoms with Crippen LogP contribution in [0, 0.1) is 5.92 Å². The minimum absolute atomic E-state index is 0.00407. The molecule has 1 aromatic heterocycles. The number of amides is 1. The molecule has 1 unspecified atom stereocenters. The minimum Gasteiger partial charge on any atom is -0.352 e. The van der Waals surface area contributed by atoms with E-state index in [1.165, 1.54) is 19.3 Å². The van der Waals surface area contributed by atoms with Gasteiger partial charge in [-0.1, -0.05) is 12.2 Å². The van der Waals surface area contributed by atoms with Crippen LogP contribution in [0.1, 0.15) is 54.1 Å². The average molecular weight is 256 g/mol. The Morgan fingerprint density at radius 3 is 2.79 bits per heavy atom. The molecule has 1 fully saturated rings. The van der Waals surface area contributed by atoms with Crippen LogP contribution < -0.4 is 5.32 Å². The van der Waals surface area contributed by atoms with Crippen LogP contribution in [0.15, 0.2) is 30.5 Å². The molecule has 3 rings (SSSR count). The molecule has 19 heavy (non-hydrogen) atoms. The second kappa shape index (κ2) is 5.55. The smallest absolute Gasteiger partial charge is 0.252 e. The fraction of sp³-hybridized carbons (Fsp3) is 0.500. The van der Waals surface area contributed by atoms with E-state index < -0.39 is 0 Å².